The van der Waals surface area contributed by atoms with Gasteiger partial charge < -0.3 is 24.1 Å². The van der Waals surface area contributed by atoms with Crippen molar-refractivity contribution in [3.05, 3.63) is 81.9 Å². The average molecular weight is 666 g/mol. The second kappa shape index (κ2) is 12.9. The van der Waals surface area contributed by atoms with Crippen LogP contribution in [-0.4, -0.2) is 48.5 Å². The van der Waals surface area contributed by atoms with E-state index in [4.69, 9.17) is 25.8 Å². The molecule has 0 saturated heterocycles. The van der Waals surface area contributed by atoms with E-state index in [2.05, 4.69) is 25.7 Å². The number of carbonyl (C=O) groups is 2. The summed E-state index contributed by atoms with van der Waals surface area (Å²) in [5.74, 6) is -0.765. The number of phenolic OH excluding ortho intramolecular Hbond substituents is 1. The first-order valence-corrected chi connectivity index (χ1v) is 14.4. The lowest BCUT2D eigenvalue weighted by Gasteiger charge is -2.25. The molecular formula is C28H26BrClN2O8S. The number of aromatic nitrogens is 1. The molecule has 2 heterocycles. The molecule has 0 fully saturated rings. The molecule has 1 aliphatic heterocycles. The van der Waals surface area contributed by atoms with Crippen molar-refractivity contribution < 1.29 is 33.6 Å². The number of hydrogen-bond donors (Lipinski definition) is 1. The van der Waals surface area contributed by atoms with Gasteiger partial charge in [0, 0.05) is 10.0 Å². The molecule has 0 bridgehead atoms. The van der Waals surface area contributed by atoms with Crippen molar-refractivity contribution >= 4 is 56.9 Å². The molecule has 1 aliphatic rings. The number of benzene rings is 2. The Morgan fingerprint density at radius 1 is 1.17 bits per heavy atom. The summed E-state index contributed by atoms with van der Waals surface area (Å²) in [5.41, 5.74) is 0.992. The molecule has 2 aromatic carbocycles. The van der Waals surface area contributed by atoms with E-state index >= 15 is 0 Å². The largest absolute Gasteiger partial charge is 0.506 e. The number of phenols is 1. The minimum atomic E-state index is -0.916. The number of aromatic hydroxyl groups is 1. The Morgan fingerprint density at radius 2 is 1.93 bits per heavy atom. The SMILES string of the molecule is CCOC(=O)C1=C(C)N=c2s/c(=C/c3cc(Br)cc(Cl)c3O)c(=O)n2[C@H]1c1ccc(OCC(=O)OC)c(OCC)c1. The molecule has 0 unspecified atom stereocenters. The summed E-state index contributed by atoms with van der Waals surface area (Å²) in [6.07, 6.45) is 1.52. The number of halogens is 2. The van der Waals surface area contributed by atoms with Crippen molar-refractivity contribution in [2.24, 2.45) is 4.99 Å². The molecule has 1 aromatic heterocycles. The lowest BCUT2D eigenvalue weighted by Crippen LogP contribution is -2.40. The molecule has 13 heteroatoms. The molecule has 3 aromatic rings. The average Bonchev–Trinajstić information content (AvgIpc) is 3.23. The molecule has 0 radical (unpaired) electrons. The van der Waals surface area contributed by atoms with Gasteiger partial charge in [-0.3, -0.25) is 9.36 Å². The van der Waals surface area contributed by atoms with Gasteiger partial charge in [0.2, 0.25) is 0 Å². The van der Waals surface area contributed by atoms with Gasteiger partial charge in [-0.1, -0.05) is 44.9 Å². The van der Waals surface area contributed by atoms with Gasteiger partial charge >= 0.3 is 11.9 Å². The number of hydrogen-bond acceptors (Lipinski definition) is 10. The summed E-state index contributed by atoms with van der Waals surface area (Å²) >= 11 is 10.6. The molecular weight excluding hydrogens is 640 g/mol. The molecule has 41 heavy (non-hydrogen) atoms. The summed E-state index contributed by atoms with van der Waals surface area (Å²) in [5, 5.41) is 10.6. The van der Waals surface area contributed by atoms with Crippen molar-refractivity contribution in [2.75, 3.05) is 26.9 Å². The highest BCUT2D eigenvalue weighted by molar-refractivity contribution is 9.10. The Hall–Kier alpha value is -3.61. The molecule has 10 nitrogen and oxygen atoms in total. The predicted molar refractivity (Wildman–Crippen MR) is 156 cm³/mol. The van der Waals surface area contributed by atoms with E-state index in [-0.39, 0.29) is 39.8 Å². The highest BCUT2D eigenvalue weighted by atomic mass is 79.9. The van der Waals surface area contributed by atoms with Crippen LogP contribution in [0.25, 0.3) is 6.08 Å². The summed E-state index contributed by atoms with van der Waals surface area (Å²) in [6, 6.07) is 7.18. The normalized spacial score (nSPS) is 14.8. The summed E-state index contributed by atoms with van der Waals surface area (Å²) in [7, 11) is 1.26. The van der Waals surface area contributed by atoms with E-state index in [1.165, 1.54) is 17.8 Å². The van der Waals surface area contributed by atoms with E-state index in [0.717, 1.165) is 11.3 Å². The molecule has 0 amide bonds. The van der Waals surface area contributed by atoms with Crippen molar-refractivity contribution in [3.63, 3.8) is 0 Å². The number of nitrogens with zero attached hydrogens (tertiary/aromatic N) is 2. The maximum atomic E-state index is 13.9. The zero-order valence-corrected chi connectivity index (χ0v) is 25.7. The Balaban J connectivity index is 1.93. The van der Waals surface area contributed by atoms with Gasteiger partial charge in [0.15, 0.2) is 22.9 Å². The van der Waals surface area contributed by atoms with E-state index < -0.39 is 23.5 Å². The monoisotopic (exact) mass is 664 g/mol. The number of methoxy groups -OCH3 is 1. The fraction of sp³-hybridized carbons (Fsp3) is 0.286. The van der Waals surface area contributed by atoms with E-state index in [1.807, 2.05) is 0 Å². The third-order valence-corrected chi connectivity index (χ3v) is 7.75. The van der Waals surface area contributed by atoms with Gasteiger partial charge in [-0.2, -0.15) is 0 Å². The fourth-order valence-electron chi connectivity index (χ4n) is 4.22. The van der Waals surface area contributed by atoms with Crippen LogP contribution in [0.2, 0.25) is 5.02 Å². The van der Waals surface area contributed by atoms with Crippen LogP contribution in [0.15, 0.2) is 55.9 Å². The van der Waals surface area contributed by atoms with Crippen molar-refractivity contribution in [1.29, 1.82) is 0 Å². The first-order chi connectivity index (χ1) is 19.6. The minimum absolute atomic E-state index is 0.120. The summed E-state index contributed by atoms with van der Waals surface area (Å²) in [4.78, 5) is 43.6. The number of rotatable bonds is 9. The zero-order chi connectivity index (χ0) is 29.8. The molecule has 216 valence electrons. The number of thiazole rings is 1. The van der Waals surface area contributed by atoms with Crippen molar-refractivity contribution in [3.8, 4) is 17.2 Å². The van der Waals surface area contributed by atoms with Crippen LogP contribution < -0.4 is 24.4 Å². The highest BCUT2D eigenvalue weighted by Crippen LogP contribution is 2.37. The standard InChI is InChI=1S/C28H26BrClN2O8S/c1-5-38-20-10-15(7-8-19(20)40-13-22(33)37-4)24-23(27(36)39-6-2)14(3)31-28-32(24)26(35)21(41-28)11-16-9-17(29)12-18(30)25(16)34/h7-12,24,34H,5-6,13H2,1-4H3/b21-11+/t24-/m0/s1. The number of fused-ring (bicyclic) bond motifs is 1. The predicted octanol–water partition coefficient (Wildman–Crippen LogP) is 3.87. The second-order valence-electron chi connectivity index (χ2n) is 8.63. The van der Waals surface area contributed by atoms with Gasteiger partial charge in [0.05, 0.1) is 47.2 Å². The minimum Gasteiger partial charge on any atom is -0.506 e. The second-order valence-corrected chi connectivity index (χ2v) is 11.0. The van der Waals surface area contributed by atoms with Gasteiger partial charge in [-0.25, -0.2) is 14.6 Å². The van der Waals surface area contributed by atoms with Gasteiger partial charge in [-0.05, 0) is 56.7 Å². The van der Waals surface area contributed by atoms with Crippen LogP contribution in [0.5, 0.6) is 17.2 Å². The highest BCUT2D eigenvalue weighted by Gasteiger charge is 2.34. The lowest BCUT2D eigenvalue weighted by atomic mass is 9.95. The van der Waals surface area contributed by atoms with Crippen molar-refractivity contribution in [1.82, 2.24) is 4.57 Å². The Kier molecular flexibility index (Phi) is 9.57. The van der Waals surface area contributed by atoms with Crippen LogP contribution in [0.1, 0.15) is 37.9 Å². The molecule has 1 N–H and O–H groups in total. The number of esters is 2. The Bertz CT molecular complexity index is 1730. The topological polar surface area (TPSA) is 126 Å². The van der Waals surface area contributed by atoms with Crippen LogP contribution in [0, 0.1) is 0 Å². The lowest BCUT2D eigenvalue weighted by molar-refractivity contribution is -0.143. The first kappa shape index (κ1) is 30.4. The first-order valence-electron chi connectivity index (χ1n) is 12.4. The fourth-order valence-corrected chi connectivity index (χ4v) is 6.09. The van der Waals surface area contributed by atoms with Gasteiger partial charge in [0.1, 0.15) is 5.75 Å². The Labute approximate surface area is 252 Å². The summed E-state index contributed by atoms with van der Waals surface area (Å²) in [6.45, 7) is 5.24. The smallest absolute Gasteiger partial charge is 0.343 e. The maximum absolute atomic E-state index is 13.9. The zero-order valence-electron chi connectivity index (χ0n) is 22.5. The van der Waals surface area contributed by atoms with Gasteiger partial charge in [-0.15, -0.1) is 0 Å². The molecule has 1 atom stereocenters. The third-order valence-electron chi connectivity index (χ3n) is 6.02. The number of carbonyl (C=O) groups excluding carboxylic acids is 2. The molecule has 0 spiro atoms. The number of ether oxygens (including phenoxy) is 4. The quantitative estimate of drug-likeness (QED) is 0.342. The third kappa shape index (κ3) is 6.34. The van der Waals surface area contributed by atoms with E-state index in [1.54, 1.807) is 51.1 Å². The molecule has 4 rings (SSSR count). The summed E-state index contributed by atoms with van der Waals surface area (Å²) < 4.78 is 23.6. The Morgan fingerprint density at radius 3 is 2.61 bits per heavy atom. The van der Waals surface area contributed by atoms with E-state index in [0.29, 0.717) is 38.5 Å². The van der Waals surface area contributed by atoms with Crippen LogP contribution in [-0.2, 0) is 19.1 Å². The van der Waals surface area contributed by atoms with Crippen LogP contribution in [0.3, 0.4) is 0 Å². The number of allylic oxidation sites excluding steroid dienone is 1. The molecule has 0 saturated carbocycles. The van der Waals surface area contributed by atoms with Crippen LogP contribution >= 0.6 is 38.9 Å². The van der Waals surface area contributed by atoms with E-state index in [9.17, 15) is 19.5 Å². The molecule has 0 aliphatic carbocycles. The maximum Gasteiger partial charge on any atom is 0.343 e. The van der Waals surface area contributed by atoms with Gasteiger partial charge in [0.25, 0.3) is 5.56 Å². The van der Waals surface area contributed by atoms with Crippen LogP contribution in [0.4, 0.5) is 0 Å². The van der Waals surface area contributed by atoms with Crippen molar-refractivity contribution in [2.45, 2.75) is 26.8 Å².